The van der Waals surface area contributed by atoms with Crippen LogP contribution in [0.5, 0.6) is 11.5 Å². The molecule has 0 saturated heterocycles. The van der Waals surface area contributed by atoms with Gasteiger partial charge in [-0.1, -0.05) is 48.2 Å². The van der Waals surface area contributed by atoms with Crippen LogP contribution in [0.2, 0.25) is 0 Å². The fraction of sp³-hybridized carbons (Fsp3) is 0.0526. The zero-order valence-electron chi connectivity index (χ0n) is 11.8. The Balaban J connectivity index is 1.74. The molecule has 0 saturated carbocycles. The number of ether oxygens (including phenoxy) is 1. The third kappa shape index (κ3) is 2.38. The van der Waals surface area contributed by atoms with Gasteiger partial charge in [-0.25, -0.2) is 4.39 Å². The predicted molar refractivity (Wildman–Crippen MR) is 86.3 cm³/mol. The molecule has 22 heavy (non-hydrogen) atoms. The van der Waals surface area contributed by atoms with Gasteiger partial charge in [0, 0.05) is 21.8 Å². The molecule has 0 N–H and O–H groups in total. The van der Waals surface area contributed by atoms with E-state index in [0.717, 1.165) is 33.9 Å². The van der Waals surface area contributed by atoms with Crippen LogP contribution in [0, 0.1) is 5.82 Å². The third-order valence-corrected chi connectivity index (χ3v) is 4.86. The number of hydrogen-bond acceptors (Lipinski definition) is 2. The number of benzene rings is 3. The smallest absolute Gasteiger partial charge is 0.137 e. The molecule has 4 rings (SSSR count). The van der Waals surface area contributed by atoms with E-state index in [-0.39, 0.29) is 5.82 Å². The Morgan fingerprint density at radius 1 is 0.773 bits per heavy atom. The Morgan fingerprint density at radius 3 is 2.41 bits per heavy atom. The lowest BCUT2D eigenvalue weighted by molar-refractivity contribution is 0.457. The van der Waals surface area contributed by atoms with Crippen LogP contribution in [0.25, 0.3) is 0 Å². The second-order valence-corrected chi connectivity index (χ2v) is 6.24. The minimum atomic E-state index is -0.192. The van der Waals surface area contributed by atoms with Gasteiger partial charge < -0.3 is 4.74 Å². The van der Waals surface area contributed by atoms with Crippen LogP contribution in [0.3, 0.4) is 0 Å². The molecule has 0 atom stereocenters. The molecule has 3 heteroatoms. The summed E-state index contributed by atoms with van der Waals surface area (Å²) in [6.07, 6.45) is 0.809. The largest absolute Gasteiger partial charge is 0.457 e. The quantitative estimate of drug-likeness (QED) is 0.471. The van der Waals surface area contributed by atoms with Crippen LogP contribution in [-0.4, -0.2) is 0 Å². The summed E-state index contributed by atoms with van der Waals surface area (Å²) in [5.41, 5.74) is 2.28. The molecule has 0 fully saturated rings. The van der Waals surface area contributed by atoms with E-state index in [9.17, 15) is 4.39 Å². The number of rotatable bonds is 2. The molecule has 1 aliphatic rings. The van der Waals surface area contributed by atoms with E-state index in [1.165, 1.54) is 17.8 Å². The summed E-state index contributed by atoms with van der Waals surface area (Å²) in [6, 6.07) is 20.8. The molecule has 3 aromatic carbocycles. The fourth-order valence-corrected chi connectivity index (χ4v) is 3.61. The van der Waals surface area contributed by atoms with E-state index in [2.05, 4.69) is 6.07 Å². The van der Waals surface area contributed by atoms with Crippen molar-refractivity contribution < 1.29 is 9.13 Å². The molecule has 1 heterocycles. The summed E-state index contributed by atoms with van der Waals surface area (Å²) >= 11 is 1.45. The lowest BCUT2D eigenvalue weighted by atomic mass is 10.0. The lowest BCUT2D eigenvalue weighted by Gasteiger charge is -2.22. The van der Waals surface area contributed by atoms with Crippen molar-refractivity contribution in [2.45, 2.75) is 16.2 Å². The van der Waals surface area contributed by atoms with Crippen molar-refractivity contribution >= 4 is 11.8 Å². The summed E-state index contributed by atoms with van der Waals surface area (Å²) in [6.45, 7) is 0. The molecule has 0 aliphatic carbocycles. The molecule has 1 nitrogen and oxygen atoms in total. The minimum absolute atomic E-state index is 0.192. The second kappa shape index (κ2) is 5.50. The Bertz CT molecular complexity index is 844. The molecule has 108 valence electrons. The highest BCUT2D eigenvalue weighted by atomic mass is 32.2. The first-order chi connectivity index (χ1) is 10.8. The van der Waals surface area contributed by atoms with Crippen molar-refractivity contribution in [2.24, 2.45) is 0 Å². The van der Waals surface area contributed by atoms with Gasteiger partial charge in [-0.2, -0.15) is 0 Å². The van der Waals surface area contributed by atoms with Crippen LogP contribution < -0.4 is 4.74 Å². The molecule has 0 amide bonds. The molecule has 1 aliphatic heterocycles. The number of fused-ring (bicyclic) bond motifs is 2. The number of hydrogen-bond donors (Lipinski definition) is 0. The van der Waals surface area contributed by atoms with E-state index in [0.29, 0.717) is 4.90 Å². The molecule has 0 spiro atoms. The normalized spacial score (nSPS) is 12.2. The Labute approximate surface area is 132 Å². The first kappa shape index (κ1) is 13.4. The summed E-state index contributed by atoms with van der Waals surface area (Å²) in [5, 5.41) is 0. The van der Waals surface area contributed by atoms with Gasteiger partial charge in [0.15, 0.2) is 0 Å². The van der Waals surface area contributed by atoms with Crippen LogP contribution in [0.1, 0.15) is 11.1 Å². The van der Waals surface area contributed by atoms with Crippen LogP contribution >= 0.6 is 11.8 Å². The van der Waals surface area contributed by atoms with Crippen LogP contribution in [-0.2, 0) is 6.42 Å². The van der Waals surface area contributed by atoms with Gasteiger partial charge in [0.25, 0.3) is 0 Å². The van der Waals surface area contributed by atoms with Gasteiger partial charge in [0.05, 0.1) is 0 Å². The summed E-state index contributed by atoms with van der Waals surface area (Å²) < 4.78 is 19.9. The number of halogens is 1. The lowest BCUT2D eigenvalue weighted by Crippen LogP contribution is -2.04. The molecular formula is C19H13FOS. The van der Waals surface area contributed by atoms with Gasteiger partial charge in [0.2, 0.25) is 0 Å². The van der Waals surface area contributed by atoms with Crippen molar-refractivity contribution in [3.8, 4) is 11.5 Å². The maximum Gasteiger partial charge on any atom is 0.137 e. The highest BCUT2D eigenvalue weighted by Crippen LogP contribution is 2.42. The molecular weight excluding hydrogens is 295 g/mol. The molecule has 0 unspecified atom stereocenters. The summed E-state index contributed by atoms with van der Waals surface area (Å²) in [5.74, 6) is 1.57. The van der Waals surface area contributed by atoms with Crippen molar-refractivity contribution in [1.29, 1.82) is 0 Å². The predicted octanol–water partition coefficient (Wildman–Crippen LogP) is 5.67. The van der Waals surface area contributed by atoms with Gasteiger partial charge in [0.1, 0.15) is 17.3 Å². The highest BCUT2D eigenvalue weighted by Gasteiger charge is 2.20. The Kier molecular flexibility index (Phi) is 3.35. The second-order valence-electron chi connectivity index (χ2n) is 5.15. The zero-order chi connectivity index (χ0) is 14.9. The zero-order valence-corrected chi connectivity index (χ0v) is 12.6. The minimum Gasteiger partial charge on any atom is -0.457 e. The topological polar surface area (TPSA) is 9.23 Å². The third-order valence-electron chi connectivity index (χ3n) is 3.71. The van der Waals surface area contributed by atoms with E-state index in [4.69, 9.17) is 4.74 Å². The van der Waals surface area contributed by atoms with E-state index >= 15 is 0 Å². The van der Waals surface area contributed by atoms with E-state index in [1.807, 2.05) is 42.5 Å². The van der Waals surface area contributed by atoms with Gasteiger partial charge in [-0.15, -0.1) is 0 Å². The molecule has 0 radical (unpaired) electrons. The summed E-state index contributed by atoms with van der Waals surface area (Å²) in [4.78, 5) is 1.67. The standard InChI is InChI=1S/C19H13FOS/c20-15-7-2-4-10-19(15)22-18-11-5-9-17-14(18)12-13-6-1-3-8-16(13)21-17/h1-11H,12H2. The van der Waals surface area contributed by atoms with Crippen molar-refractivity contribution in [2.75, 3.05) is 0 Å². The average Bonchev–Trinajstić information content (AvgIpc) is 2.55. The van der Waals surface area contributed by atoms with Gasteiger partial charge in [-0.3, -0.25) is 0 Å². The number of para-hydroxylation sites is 1. The van der Waals surface area contributed by atoms with Gasteiger partial charge in [-0.05, 0) is 35.9 Å². The first-order valence-corrected chi connectivity index (χ1v) is 7.93. The molecule has 0 bridgehead atoms. The fourth-order valence-electron chi connectivity index (χ4n) is 2.62. The maximum atomic E-state index is 13.9. The maximum absolute atomic E-state index is 13.9. The van der Waals surface area contributed by atoms with E-state index in [1.54, 1.807) is 12.1 Å². The first-order valence-electron chi connectivity index (χ1n) is 7.11. The Morgan fingerprint density at radius 2 is 1.50 bits per heavy atom. The highest BCUT2D eigenvalue weighted by molar-refractivity contribution is 7.99. The van der Waals surface area contributed by atoms with Gasteiger partial charge >= 0.3 is 0 Å². The SMILES string of the molecule is Fc1ccccc1Sc1cccc2c1Cc1ccccc1O2. The molecule has 0 aromatic heterocycles. The van der Waals surface area contributed by atoms with Crippen LogP contribution in [0.15, 0.2) is 76.5 Å². The Hall–Kier alpha value is -2.26. The monoisotopic (exact) mass is 308 g/mol. The summed E-state index contributed by atoms with van der Waals surface area (Å²) in [7, 11) is 0. The van der Waals surface area contributed by atoms with Crippen molar-refractivity contribution in [1.82, 2.24) is 0 Å². The van der Waals surface area contributed by atoms with Crippen molar-refractivity contribution in [3.05, 3.63) is 83.7 Å². The van der Waals surface area contributed by atoms with Crippen LogP contribution in [0.4, 0.5) is 4.39 Å². The van der Waals surface area contributed by atoms with E-state index < -0.39 is 0 Å². The van der Waals surface area contributed by atoms with Crippen molar-refractivity contribution in [3.63, 3.8) is 0 Å². The average molecular weight is 308 g/mol. The molecule has 3 aromatic rings.